The Morgan fingerprint density at radius 2 is 1.38 bits per heavy atom. The summed E-state index contributed by atoms with van der Waals surface area (Å²) in [5, 5.41) is 4.03. The molecule has 1 aliphatic rings. The van der Waals surface area contributed by atoms with E-state index in [4.69, 9.17) is 34.8 Å². The average Bonchev–Trinajstić information content (AvgIpc) is 3.06. The van der Waals surface area contributed by atoms with Crippen LogP contribution in [0.3, 0.4) is 0 Å². The van der Waals surface area contributed by atoms with Crippen LogP contribution in [0.1, 0.15) is 43.2 Å². The molecule has 246 valence electrons. The molecule has 1 saturated carbocycles. The number of nitrogens with zero attached hydrogens (tertiary/aromatic N) is 2. The van der Waals surface area contributed by atoms with E-state index in [1.807, 2.05) is 30.3 Å². The maximum Gasteiger partial charge on any atom is 0.264 e. The second kappa shape index (κ2) is 16.0. The number of amides is 2. The molecule has 0 radical (unpaired) electrons. The first-order chi connectivity index (χ1) is 22.6. The molecule has 1 aliphatic carbocycles. The number of nitrogens with one attached hydrogen (secondary N) is 1. The molecule has 0 aromatic heterocycles. The van der Waals surface area contributed by atoms with Crippen molar-refractivity contribution in [1.29, 1.82) is 0 Å². The van der Waals surface area contributed by atoms with E-state index in [0.717, 1.165) is 42.0 Å². The third-order valence-corrected chi connectivity index (χ3v) is 10.9. The zero-order valence-corrected chi connectivity index (χ0v) is 28.8. The largest absolute Gasteiger partial charge is 0.352 e. The quantitative estimate of drug-likeness (QED) is 0.162. The number of anilines is 1. The number of hydrogen-bond donors (Lipinski definition) is 1. The number of halogens is 3. The van der Waals surface area contributed by atoms with Gasteiger partial charge < -0.3 is 10.2 Å². The first-order valence-corrected chi connectivity index (χ1v) is 18.1. The molecule has 1 N–H and O–H groups in total. The summed E-state index contributed by atoms with van der Waals surface area (Å²) in [6.07, 6.45) is 5.10. The van der Waals surface area contributed by atoms with Gasteiger partial charge in [0.25, 0.3) is 10.0 Å². The summed E-state index contributed by atoms with van der Waals surface area (Å²) in [6, 6.07) is 27.8. The van der Waals surface area contributed by atoms with Gasteiger partial charge in [-0.15, -0.1) is 0 Å². The van der Waals surface area contributed by atoms with E-state index < -0.39 is 28.5 Å². The van der Waals surface area contributed by atoms with Crippen LogP contribution in [0.4, 0.5) is 5.69 Å². The summed E-state index contributed by atoms with van der Waals surface area (Å²) in [4.78, 5) is 30.3. The van der Waals surface area contributed by atoms with Crippen molar-refractivity contribution < 1.29 is 18.0 Å². The molecule has 0 unspecified atom stereocenters. The van der Waals surface area contributed by atoms with Crippen LogP contribution < -0.4 is 9.62 Å². The lowest BCUT2D eigenvalue weighted by atomic mass is 9.94. The number of carbonyl (C=O) groups excluding carboxylic acids is 2. The van der Waals surface area contributed by atoms with Crippen LogP contribution in [-0.4, -0.2) is 43.8 Å². The lowest BCUT2D eigenvalue weighted by Crippen LogP contribution is -2.55. The van der Waals surface area contributed by atoms with E-state index in [1.54, 1.807) is 42.5 Å². The van der Waals surface area contributed by atoms with E-state index >= 15 is 0 Å². The van der Waals surface area contributed by atoms with Gasteiger partial charge in [-0.1, -0.05) is 121 Å². The highest BCUT2D eigenvalue weighted by atomic mass is 35.5. The topological polar surface area (TPSA) is 86.8 Å². The van der Waals surface area contributed by atoms with Crippen LogP contribution in [0.15, 0.2) is 108 Å². The molecule has 4 aromatic carbocycles. The maximum atomic E-state index is 14.6. The number of rotatable bonds is 12. The lowest BCUT2D eigenvalue weighted by molar-refractivity contribution is -0.140. The summed E-state index contributed by atoms with van der Waals surface area (Å²) in [7, 11) is -4.28. The van der Waals surface area contributed by atoms with Gasteiger partial charge in [-0.25, -0.2) is 8.42 Å². The summed E-state index contributed by atoms with van der Waals surface area (Å²) in [5.74, 6) is -0.898. The van der Waals surface area contributed by atoms with Crippen LogP contribution >= 0.6 is 34.8 Å². The number of sulfonamides is 1. The van der Waals surface area contributed by atoms with Gasteiger partial charge in [0.2, 0.25) is 11.8 Å². The highest BCUT2D eigenvalue weighted by Crippen LogP contribution is 2.31. The highest BCUT2D eigenvalue weighted by Gasteiger charge is 2.36. The summed E-state index contributed by atoms with van der Waals surface area (Å²) in [5.41, 5.74) is 1.58. The zero-order valence-electron chi connectivity index (χ0n) is 25.7. The molecular weight excluding hydrogens is 677 g/mol. The Morgan fingerprint density at radius 3 is 2.02 bits per heavy atom. The minimum absolute atomic E-state index is 0.00431. The van der Waals surface area contributed by atoms with Crippen molar-refractivity contribution in [2.75, 3.05) is 10.8 Å². The monoisotopic (exact) mass is 711 g/mol. The van der Waals surface area contributed by atoms with Crippen LogP contribution in [-0.2, 0) is 32.6 Å². The van der Waals surface area contributed by atoms with Crippen LogP contribution in [0.25, 0.3) is 0 Å². The van der Waals surface area contributed by atoms with E-state index in [2.05, 4.69) is 5.32 Å². The third kappa shape index (κ3) is 9.08. The molecule has 0 spiro atoms. The van der Waals surface area contributed by atoms with Gasteiger partial charge in [-0.05, 0) is 60.4 Å². The predicted octanol–water partition coefficient (Wildman–Crippen LogP) is 7.93. The first-order valence-electron chi connectivity index (χ1n) is 15.5. The predicted molar refractivity (Wildman–Crippen MR) is 188 cm³/mol. The molecular formula is C36H36Cl3N3O4S. The van der Waals surface area contributed by atoms with Crippen molar-refractivity contribution in [2.45, 2.75) is 62.0 Å². The molecule has 1 fully saturated rings. The minimum atomic E-state index is -4.28. The minimum Gasteiger partial charge on any atom is -0.352 e. The van der Waals surface area contributed by atoms with Gasteiger partial charge in [0.15, 0.2) is 0 Å². The molecule has 11 heteroatoms. The Labute approximate surface area is 291 Å². The van der Waals surface area contributed by atoms with E-state index in [9.17, 15) is 18.0 Å². The summed E-state index contributed by atoms with van der Waals surface area (Å²) >= 11 is 19.2. The van der Waals surface area contributed by atoms with E-state index in [0.29, 0.717) is 10.6 Å². The number of carbonyl (C=O) groups is 2. The molecule has 0 bridgehead atoms. The normalized spacial score (nSPS) is 14.3. The van der Waals surface area contributed by atoms with E-state index in [1.165, 1.54) is 35.2 Å². The fourth-order valence-corrected chi connectivity index (χ4v) is 7.97. The first kappa shape index (κ1) is 34.8. The average molecular weight is 713 g/mol. The van der Waals surface area contributed by atoms with Crippen molar-refractivity contribution in [3.63, 3.8) is 0 Å². The molecule has 1 atom stereocenters. The standard InChI is InChI=1S/C36H36Cl3N3O4S/c37-28-21-29(38)23-31(22-28)42(47(45,46)32-17-8-3-9-18-32)25-35(43)41(24-27-14-10-11-19-33(27)39)34(20-26-12-4-1-5-13-26)36(44)40-30-15-6-2-7-16-30/h1,3-5,8-14,17-19,21-23,30,34H,2,6-7,15-16,20,24-25H2,(H,40,44)/t34-/m0/s1. The van der Waals surface area contributed by atoms with Gasteiger partial charge in [-0.3, -0.25) is 13.9 Å². The summed E-state index contributed by atoms with van der Waals surface area (Å²) in [6.45, 7) is -0.649. The fraction of sp³-hybridized carbons (Fsp3) is 0.278. The Morgan fingerprint density at radius 1 is 0.787 bits per heavy atom. The summed E-state index contributed by atoms with van der Waals surface area (Å²) < 4.78 is 29.3. The Bertz CT molecular complexity index is 1770. The third-order valence-electron chi connectivity index (χ3n) is 8.27. The SMILES string of the molecule is O=C(NC1CCCCC1)[C@H](Cc1ccccc1)N(Cc1ccccc1Cl)C(=O)CN(c1cc(Cl)cc(Cl)c1)S(=O)(=O)c1ccccc1. The van der Waals surface area contributed by atoms with Gasteiger partial charge >= 0.3 is 0 Å². The van der Waals surface area contributed by atoms with Crippen molar-refractivity contribution >= 4 is 62.3 Å². The van der Waals surface area contributed by atoms with Crippen molar-refractivity contribution in [2.24, 2.45) is 0 Å². The molecule has 4 aromatic rings. The second-order valence-electron chi connectivity index (χ2n) is 11.6. The number of benzene rings is 4. The van der Waals surface area contributed by atoms with Crippen LogP contribution in [0, 0.1) is 0 Å². The molecule has 0 saturated heterocycles. The van der Waals surface area contributed by atoms with Gasteiger partial charge in [0.05, 0.1) is 10.6 Å². The maximum absolute atomic E-state index is 14.6. The molecule has 7 nitrogen and oxygen atoms in total. The number of hydrogen-bond acceptors (Lipinski definition) is 4. The smallest absolute Gasteiger partial charge is 0.264 e. The zero-order chi connectivity index (χ0) is 33.4. The lowest BCUT2D eigenvalue weighted by Gasteiger charge is -2.35. The second-order valence-corrected chi connectivity index (χ2v) is 14.8. The molecule has 0 heterocycles. The Balaban J connectivity index is 1.58. The molecule has 47 heavy (non-hydrogen) atoms. The van der Waals surface area contributed by atoms with Gasteiger partial charge in [0, 0.05) is 34.1 Å². The molecule has 2 amide bonds. The molecule has 0 aliphatic heterocycles. The van der Waals surface area contributed by atoms with E-state index in [-0.39, 0.29) is 45.5 Å². The van der Waals surface area contributed by atoms with Crippen LogP contribution in [0.5, 0.6) is 0 Å². The van der Waals surface area contributed by atoms with Gasteiger partial charge in [0.1, 0.15) is 12.6 Å². The highest BCUT2D eigenvalue weighted by molar-refractivity contribution is 7.92. The molecule has 5 rings (SSSR count). The Hall–Kier alpha value is -3.56. The van der Waals surface area contributed by atoms with Crippen LogP contribution in [0.2, 0.25) is 15.1 Å². The van der Waals surface area contributed by atoms with Crippen molar-refractivity contribution in [3.05, 3.63) is 129 Å². The Kier molecular flexibility index (Phi) is 11.9. The van der Waals surface area contributed by atoms with Crippen molar-refractivity contribution in [3.8, 4) is 0 Å². The fourth-order valence-electron chi connectivity index (χ4n) is 5.84. The van der Waals surface area contributed by atoms with Crippen molar-refractivity contribution in [1.82, 2.24) is 10.2 Å². The van der Waals surface area contributed by atoms with Gasteiger partial charge in [-0.2, -0.15) is 0 Å².